The number of allylic oxidation sites excluding steroid dienone is 1. The Bertz CT molecular complexity index is 1850. The highest BCUT2D eigenvalue weighted by molar-refractivity contribution is 5.85. The van der Waals surface area contributed by atoms with E-state index in [1.807, 2.05) is 0 Å². The van der Waals surface area contributed by atoms with E-state index in [9.17, 15) is 0 Å². The van der Waals surface area contributed by atoms with E-state index < -0.39 is 0 Å². The Balaban J connectivity index is 1.09. The molecule has 0 radical (unpaired) electrons. The second-order valence-corrected chi connectivity index (χ2v) is 15.6. The molecule has 0 amide bonds. The van der Waals surface area contributed by atoms with Crippen LogP contribution in [0.3, 0.4) is 0 Å². The Morgan fingerprint density at radius 2 is 1.98 bits per heavy atom. The van der Waals surface area contributed by atoms with Crippen molar-refractivity contribution in [2.45, 2.75) is 62.3 Å². The number of benzene rings is 2. The van der Waals surface area contributed by atoms with Crippen molar-refractivity contribution in [2.24, 2.45) is 17.8 Å². The van der Waals surface area contributed by atoms with Gasteiger partial charge in [0.05, 0.1) is 43.8 Å². The summed E-state index contributed by atoms with van der Waals surface area (Å²) in [5.41, 5.74) is 12.5. The molecule has 5 heteroatoms. The summed E-state index contributed by atoms with van der Waals surface area (Å²) in [5.74, 6) is 1.56. The van der Waals surface area contributed by atoms with Gasteiger partial charge in [-0.2, -0.15) is 0 Å². The van der Waals surface area contributed by atoms with Crippen molar-refractivity contribution in [2.75, 3.05) is 44.7 Å². The molecule has 11 rings (SSSR count). The molecule has 1 aliphatic carbocycles. The van der Waals surface area contributed by atoms with Gasteiger partial charge in [0.15, 0.2) is 0 Å². The number of fused-ring (bicyclic) bond motifs is 7. The quantitative estimate of drug-likeness (QED) is 0.272. The van der Waals surface area contributed by atoms with E-state index in [-0.39, 0.29) is 11.5 Å². The van der Waals surface area contributed by atoms with Gasteiger partial charge in [-0.05, 0) is 60.1 Å². The third-order valence-corrected chi connectivity index (χ3v) is 14.1. The number of rotatable bonds is 1. The first kappa shape index (κ1) is 25.1. The molecule has 44 heavy (non-hydrogen) atoms. The maximum atomic E-state index is 7.14. The van der Waals surface area contributed by atoms with Crippen molar-refractivity contribution in [3.8, 4) is 0 Å². The molecule has 4 fully saturated rings. The summed E-state index contributed by atoms with van der Waals surface area (Å²) in [6.45, 7) is 7.78. The molecule has 3 aromatic rings. The lowest BCUT2D eigenvalue weighted by molar-refractivity contribution is -0.925. The maximum absolute atomic E-state index is 7.14. The Labute approximate surface area is 260 Å². The molecule has 8 heterocycles. The minimum atomic E-state index is 0.192. The van der Waals surface area contributed by atoms with Crippen molar-refractivity contribution in [1.82, 2.24) is 9.88 Å². The number of para-hydroxylation sites is 2. The maximum Gasteiger partial charge on any atom is 0.102 e. The molecular weight excluding hydrogens is 540 g/mol. The van der Waals surface area contributed by atoms with Gasteiger partial charge >= 0.3 is 0 Å². The lowest BCUT2D eigenvalue weighted by Gasteiger charge is -2.60. The number of likely N-dealkylation sites (N-methyl/N-ethyl adjacent to an activating group) is 1. The molecule has 7 aliphatic heterocycles. The average Bonchev–Trinajstić information content (AvgIpc) is 3.64. The molecule has 9 atom stereocenters. The van der Waals surface area contributed by atoms with E-state index >= 15 is 0 Å². The first-order chi connectivity index (χ1) is 21.6. The van der Waals surface area contributed by atoms with Gasteiger partial charge in [-0.3, -0.25) is 4.90 Å². The number of aromatic nitrogens is 1. The van der Waals surface area contributed by atoms with Crippen LogP contribution in [-0.4, -0.2) is 72.4 Å². The molecule has 1 N–H and O–H groups in total. The van der Waals surface area contributed by atoms with Crippen molar-refractivity contribution in [1.29, 1.82) is 0 Å². The molecule has 2 bridgehead atoms. The summed E-state index contributed by atoms with van der Waals surface area (Å²) in [6, 6.07) is 20.1. The molecule has 1 spiro atoms. The molecule has 3 saturated heterocycles. The van der Waals surface area contributed by atoms with Crippen LogP contribution in [0.5, 0.6) is 0 Å². The zero-order valence-corrected chi connectivity index (χ0v) is 26.0. The van der Waals surface area contributed by atoms with Gasteiger partial charge in [0, 0.05) is 66.3 Å². The summed E-state index contributed by atoms with van der Waals surface area (Å²) in [6.07, 6.45) is 12.7. The van der Waals surface area contributed by atoms with Crippen LogP contribution in [0.1, 0.15) is 49.0 Å². The van der Waals surface area contributed by atoms with Gasteiger partial charge in [0.1, 0.15) is 12.6 Å². The van der Waals surface area contributed by atoms with Gasteiger partial charge < -0.3 is 19.1 Å². The molecule has 0 unspecified atom stereocenters. The molecule has 1 saturated carbocycles. The highest BCUT2D eigenvalue weighted by Gasteiger charge is 2.74. The number of anilines is 1. The normalized spacial score (nSPS) is 42.0. The number of piperidine rings is 2. The largest absolute Gasteiger partial charge is 0.369 e. The van der Waals surface area contributed by atoms with Crippen molar-refractivity contribution < 1.29 is 9.22 Å². The first-order valence-corrected chi connectivity index (χ1v) is 17.3. The molecule has 8 aliphatic rings. The SMILES string of the molecule is C/C=C1/CN2CCc3c([nH]c4ccccc34)[C@@H]2C[C@@H]1C1=CN2c3ccccc3[C@@]34CC[N@@+]5(C)CC6=CCO[C@@H]1[C@@H]([C@H]23)[C@H]6C[C@@H]45. The monoisotopic (exact) mass is 583 g/mol. The van der Waals surface area contributed by atoms with E-state index in [0.717, 1.165) is 32.5 Å². The summed E-state index contributed by atoms with van der Waals surface area (Å²) >= 11 is 0. The number of quaternary nitrogens is 1. The van der Waals surface area contributed by atoms with Crippen LogP contribution in [0.4, 0.5) is 5.69 Å². The van der Waals surface area contributed by atoms with Crippen molar-refractivity contribution in [3.05, 3.63) is 100 Å². The molecule has 224 valence electrons. The number of nitrogens with zero attached hydrogens (tertiary/aromatic N) is 3. The number of ether oxygens (including phenoxy) is 1. The topological polar surface area (TPSA) is 31.5 Å². The Morgan fingerprint density at radius 3 is 2.91 bits per heavy atom. The zero-order chi connectivity index (χ0) is 28.9. The third-order valence-electron chi connectivity index (χ3n) is 14.1. The molecule has 5 nitrogen and oxygen atoms in total. The highest BCUT2D eigenvalue weighted by Crippen LogP contribution is 2.68. The summed E-state index contributed by atoms with van der Waals surface area (Å²) in [5, 5.41) is 1.43. The lowest BCUT2D eigenvalue weighted by Crippen LogP contribution is -2.70. The minimum Gasteiger partial charge on any atom is -0.369 e. The van der Waals surface area contributed by atoms with Crippen LogP contribution < -0.4 is 4.90 Å². The molecule has 2 aromatic carbocycles. The van der Waals surface area contributed by atoms with Crippen LogP contribution >= 0.6 is 0 Å². The molecular formula is C39H43N4O+. The second-order valence-electron chi connectivity index (χ2n) is 15.6. The van der Waals surface area contributed by atoms with E-state index in [4.69, 9.17) is 4.74 Å². The van der Waals surface area contributed by atoms with Gasteiger partial charge in [0.2, 0.25) is 0 Å². The number of H-pyrrole nitrogens is 1. The van der Waals surface area contributed by atoms with Crippen LogP contribution in [0, 0.1) is 17.8 Å². The van der Waals surface area contributed by atoms with Crippen LogP contribution in [0.2, 0.25) is 0 Å². The third kappa shape index (κ3) is 2.85. The summed E-state index contributed by atoms with van der Waals surface area (Å²) < 4.78 is 8.37. The van der Waals surface area contributed by atoms with E-state index in [0.29, 0.717) is 35.9 Å². The number of nitrogens with one attached hydrogen (secondary N) is 1. The predicted octanol–water partition coefficient (Wildman–Crippen LogP) is 6.25. The zero-order valence-electron chi connectivity index (χ0n) is 26.0. The van der Waals surface area contributed by atoms with Crippen LogP contribution in [-0.2, 0) is 16.6 Å². The first-order valence-electron chi connectivity index (χ1n) is 17.3. The van der Waals surface area contributed by atoms with Crippen molar-refractivity contribution >= 4 is 16.6 Å². The molecule has 1 aromatic heterocycles. The van der Waals surface area contributed by atoms with Crippen molar-refractivity contribution in [3.63, 3.8) is 0 Å². The highest BCUT2D eigenvalue weighted by atomic mass is 16.5. The number of aromatic amines is 1. The van der Waals surface area contributed by atoms with E-state index in [1.165, 1.54) is 52.7 Å². The fraction of sp³-hybridized carbons (Fsp3) is 0.487. The minimum absolute atomic E-state index is 0.192. The smallest absolute Gasteiger partial charge is 0.102 e. The average molecular weight is 584 g/mol. The van der Waals surface area contributed by atoms with Gasteiger partial charge in [0.25, 0.3) is 0 Å². The predicted molar refractivity (Wildman–Crippen MR) is 174 cm³/mol. The second kappa shape index (κ2) is 8.37. The Morgan fingerprint density at radius 1 is 1.09 bits per heavy atom. The Hall–Kier alpha value is -3.12. The summed E-state index contributed by atoms with van der Waals surface area (Å²) in [7, 11) is 2.57. The van der Waals surface area contributed by atoms with Gasteiger partial charge in [-0.25, -0.2) is 0 Å². The van der Waals surface area contributed by atoms with E-state index in [1.54, 1.807) is 27.8 Å². The summed E-state index contributed by atoms with van der Waals surface area (Å²) in [4.78, 5) is 9.49. The fourth-order valence-electron chi connectivity index (χ4n) is 12.5. The standard InChI is InChI=1S/C39H43N4O/c1-3-23-20-41-15-12-26-25-8-4-6-10-31(25)40-36(26)33(41)18-27(23)29-21-42-32-11-7-5-9-30(32)39-14-16-43(2)22-24-13-17-44-37(29)35(38(39)42)28(24)19-34(39)43/h3-11,13,21,27-28,33-35,37-38,40H,12,14-20,22H2,1-2H3/q+1/b23-3-/t27-,28-,33-,34-,35-,37-,38-,39+,43-/m0/s1. The van der Waals surface area contributed by atoms with E-state index in [2.05, 4.69) is 95.6 Å². The van der Waals surface area contributed by atoms with Crippen LogP contribution in [0.25, 0.3) is 10.9 Å². The fourth-order valence-corrected chi connectivity index (χ4v) is 12.5. The van der Waals surface area contributed by atoms with Crippen LogP contribution in [0.15, 0.2) is 83.6 Å². The number of hydrogen-bond acceptors (Lipinski definition) is 3. The van der Waals surface area contributed by atoms with Gasteiger partial charge in [-0.1, -0.05) is 54.1 Å². The Kier molecular flexibility index (Phi) is 4.78. The van der Waals surface area contributed by atoms with Gasteiger partial charge in [-0.15, -0.1) is 0 Å². The number of hydrogen-bond donors (Lipinski definition) is 1. The lowest BCUT2D eigenvalue weighted by atomic mass is 9.52.